The second-order valence-electron chi connectivity index (χ2n) is 6.91. The SMILES string of the molecule is Cc1noc(C)c1-c1cncc(CCC2CCCN2C(=O)CCC(=O)O)n1. The fourth-order valence-electron chi connectivity index (χ4n) is 3.63. The molecule has 27 heavy (non-hydrogen) atoms. The van der Waals surface area contributed by atoms with E-state index in [1.165, 1.54) is 0 Å². The van der Waals surface area contributed by atoms with E-state index in [0.717, 1.165) is 41.9 Å². The lowest BCUT2D eigenvalue weighted by Gasteiger charge is -2.24. The molecule has 1 unspecified atom stereocenters. The predicted octanol–water partition coefficient (Wildman–Crippen LogP) is 2.54. The van der Waals surface area contributed by atoms with Crippen LogP contribution in [0, 0.1) is 13.8 Å². The average Bonchev–Trinajstić information content (AvgIpc) is 3.24. The highest BCUT2D eigenvalue weighted by molar-refractivity contribution is 5.81. The summed E-state index contributed by atoms with van der Waals surface area (Å²) in [4.78, 5) is 33.8. The van der Waals surface area contributed by atoms with Gasteiger partial charge in [-0.05, 0) is 39.5 Å². The Bertz CT molecular complexity index is 813. The smallest absolute Gasteiger partial charge is 0.303 e. The van der Waals surface area contributed by atoms with E-state index in [-0.39, 0.29) is 24.8 Å². The van der Waals surface area contributed by atoms with E-state index in [2.05, 4.69) is 15.1 Å². The van der Waals surface area contributed by atoms with E-state index < -0.39 is 5.97 Å². The maximum Gasteiger partial charge on any atom is 0.303 e. The van der Waals surface area contributed by atoms with Crippen LogP contribution in [0.5, 0.6) is 0 Å². The van der Waals surface area contributed by atoms with Crippen molar-refractivity contribution < 1.29 is 19.2 Å². The van der Waals surface area contributed by atoms with Gasteiger partial charge in [-0.15, -0.1) is 0 Å². The van der Waals surface area contributed by atoms with Gasteiger partial charge in [-0.2, -0.15) is 0 Å². The standard InChI is InChI=1S/C19H24N4O4/c1-12-19(13(2)27-22-12)16-11-20-10-14(21-16)5-6-15-4-3-9-23(15)17(24)7-8-18(25)26/h10-11,15H,3-9H2,1-2H3,(H,25,26). The number of likely N-dealkylation sites (tertiary alicyclic amines) is 1. The highest BCUT2D eigenvalue weighted by atomic mass is 16.5. The quantitative estimate of drug-likeness (QED) is 0.795. The van der Waals surface area contributed by atoms with E-state index in [0.29, 0.717) is 18.7 Å². The molecule has 0 radical (unpaired) electrons. The van der Waals surface area contributed by atoms with Gasteiger partial charge in [-0.1, -0.05) is 5.16 Å². The minimum absolute atomic E-state index is 0.0627. The van der Waals surface area contributed by atoms with Gasteiger partial charge >= 0.3 is 5.97 Å². The fraction of sp³-hybridized carbons (Fsp3) is 0.526. The second kappa shape index (κ2) is 8.28. The number of carbonyl (C=O) groups is 2. The Kier molecular flexibility index (Phi) is 5.83. The summed E-state index contributed by atoms with van der Waals surface area (Å²) in [5.41, 5.74) is 3.25. The van der Waals surface area contributed by atoms with Crippen molar-refractivity contribution in [2.75, 3.05) is 6.54 Å². The zero-order chi connectivity index (χ0) is 19.4. The topological polar surface area (TPSA) is 109 Å². The van der Waals surface area contributed by atoms with Gasteiger partial charge in [0.25, 0.3) is 0 Å². The summed E-state index contributed by atoms with van der Waals surface area (Å²) in [7, 11) is 0. The lowest BCUT2D eigenvalue weighted by atomic mass is 10.1. The molecule has 1 fully saturated rings. The Morgan fingerprint density at radius 2 is 2.11 bits per heavy atom. The Balaban J connectivity index is 1.64. The van der Waals surface area contributed by atoms with Crippen LogP contribution in [0.1, 0.15) is 49.3 Å². The van der Waals surface area contributed by atoms with Crippen molar-refractivity contribution in [2.45, 2.75) is 58.4 Å². The van der Waals surface area contributed by atoms with Crippen molar-refractivity contribution in [1.29, 1.82) is 0 Å². The molecule has 0 spiro atoms. The first-order valence-electron chi connectivity index (χ1n) is 9.21. The number of rotatable bonds is 7. The normalized spacial score (nSPS) is 16.7. The lowest BCUT2D eigenvalue weighted by Crippen LogP contribution is -2.36. The Hall–Kier alpha value is -2.77. The van der Waals surface area contributed by atoms with Crippen LogP contribution in [0.3, 0.4) is 0 Å². The summed E-state index contributed by atoms with van der Waals surface area (Å²) in [6.45, 7) is 4.43. The van der Waals surface area contributed by atoms with Crippen LogP contribution in [-0.2, 0) is 16.0 Å². The van der Waals surface area contributed by atoms with Gasteiger partial charge in [0.05, 0.1) is 35.3 Å². The maximum atomic E-state index is 12.3. The number of nitrogens with zero attached hydrogens (tertiary/aromatic N) is 4. The minimum atomic E-state index is -0.939. The second-order valence-corrected chi connectivity index (χ2v) is 6.91. The van der Waals surface area contributed by atoms with Gasteiger partial charge in [0, 0.05) is 25.2 Å². The van der Waals surface area contributed by atoms with E-state index in [1.54, 1.807) is 12.4 Å². The van der Waals surface area contributed by atoms with Crippen molar-refractivity contribution in [3.05, 3.63) is 29.5 Å². The Morgan fingerprint density at radius 1 is 1.30 bits per heavy atom. The van der Waals surface area contributed by atoms with E-state index in [1.807, 2.05) is 18.7 Å². The molecule has 3 heterocycles. The number of aryl methyl sites for hydroxylation is 3. The van der Waals surface area contributed by atoms with Crippen LogP contribution in [0.25, 0.3) is 11.3 Å². The van der Waals surface area contributed by atoms with E-state index in [4.69, 9.17) is 9.63 Å². The third kappa shape index (κ3) is 4.50. The van der Waals surface area contributed by atoms with Crippen molar-refractivity contribution in [2.24, 2.45) is 0 Å². The van der Waals surface area contributed by atoms with Crippen LogP contribution in [0.2, 0.25) is 0 Å². The maximum absolute atomic E-state index is 12.3. The van der Waals surface area contributed by atoms with Crippen molar-refractivity contribution in [1.82, 2.24) is 20.0 Å². The zero-order valence-electron chi connectivity index (χ0n) is 15.6. The third-order valence-corrected chi connectivity index (χ3v) is 4.96. The average molecular weight is 372 g/mol. The molecular formula is C19H24N4O4. The molecule has 0 aliphatic carbocycles. The lowest BCUT2D eigenvalue weighted by molar-refractivity contribution is -0.141. The minimum Gasteiger partial charge on any atom is -0.481 e. The highest BCUT2D eigenvalue weighted by Crippen LogP contribution is 2.26. The number of amides is 1. The molecule has 2 aromatic heterocycles. The summed E-state index contributed by atoms with van der Waals surface area (Å²) in [6.07, 6.45) is 6.78. The molecule has 8 nitrogen and oxygen atoms in total. The first kappa shape index (κ1) is 19.0. The molecule has 144 valence electrons. The van der Waals surface area contributed by atoms with Gasteiger partial charge in [-0.3, -0.25) is 14.6 Å². The fourth-order valence-corrected chi connectivity index (χ4v) is 3.63. The van der Waals surface area contributed by atoms with Gasteiger partial charge in [0.1, 0.15) is 5.76 Å². The number of carboxylic acid groups (broad SMARTS) is 1. The molecule has 1 aliphatic rings. The Labute approximate surface area is 157 Å². The molecule has 0 bridgehead atoms. The number of carbonyl (C=O) groups excluding carboxylic acids is 1. The van der Waals surface area contributed by atoms with E-state index in [9.17, 15) is 9.59 Å². The van der Waals surface area contributed by atoms with Crippen LogP contribution in [0.15, 0.2) is 16.9 Å². The number of hydrogen-bond donors (Lipinski definition) is 1. The first-order chi connectivity index (χ1) is 13.0. The van der Waals surface area contributed by atoms with Crippen molar-refractivity contribution in [3.8, 4) is 11.3 Å². The molecule has 8 heteroatoms. The van der Waals surface area contributed by atoms with Crippen LogP contribution < -0.4 is 0 Å². The molecule has 1 atom stereocenters. The molecule has 0 aromatic carbocycles. The van der Waals surface area contributed by atoms with Gasteiger partial charge in [0.15, 0.2) is 0 Å². The number of aliphatic carboxylic acids is 1. The number of carboxylic acids is 1. The number of hydrogen-bond acceptors (Lipinski definition) is 6. The summed E-state index contributed by atoms with van der Waals surface area (Å²) in [6, 6.07) is 0.135. The molecule has 1 amide bonds. The molecule has 1 N–H and O–H groups in total. The molecule has 1 saturated heterocycles. The van der Waals surface area contributed by atoms with E-state index >= 15 is 0 Å². The molecule has 2 aromatic rings. The van der Waals surface area contributed by atoms with Gasteiger partial charge in [0.2, 0.25) is 5.91 Å². The zero-order valence-corrected chi connectivity index (χ0v) is 15.6. The summed E-state index contributed by atoms with van der Waals surface area (Å²) in [5, 5.41) is 12.7. The molecule has 3 rings (SSSR count). The van der Waals surface area contributed by atoms with Gasteiger partial charge in [-0.25, -0.2) is 4.98 Å². The Morgan fingerprint density at radius 3 is 2.81 bits per heavy atom. The monoisotopic (exact) mass is 372 g/mol. The first-order valence-corrected chi connectivity index (χ1v) is 9.21. The summed E-state index contributed by atoms with van der Waals surface area (Å²) >= 11 is 0. The molecular weight excluding hydrogens is 348 g/mol. The summed E-state index contributed by atoms with van der Waals surface area (Å²) in [5.74, 6) is -0.300. The van der Waals surface area contributed by atoms with Crippen LogP contribution in [0.4, 0.5) is 0 Å². The third-order valence-electron chi connectivity index (χ3n) is 4.96. The largest absolute Gasteiger partial charge is 0.481 e. The van der Waals surface area contributed by atoms with Crippen molar-refractivity contribution in [3.63, 3.8) is 0 Å². The van der Waals surface area contributed by atoms with Gasteiger partial charge < -0.3 is 14.5 Å². The summed E-state index contributed by atoms with van der Waals surface area (Å²) < 4.78 is 5.21. The van der Waals surface area contributed by atoms with Crippen LogP contribution >= 0.6 is 0 Å². The molecule has 1 aliphatic heterocycles. The predicted molar refractivity (Wildman–Crippen MR) is 96.9 cm³/mol. The molecule has 0 saturated carbocycles. The van der Waals surface area contributed by atoms with Crippen molar-refractivity contribution >= 4 is 11.9 Å². The highest BCUT2D eigenvalue weighted by Gasteiger charge is 2.28. The number of aromatic nitrogens is 3. The van der Waals surface area contributed by atoms with Crippen LogP contribution in [-0.4, -0.2) is 49.6 Å².